The molecule has 0 radical (unpaired) electrons. The smallest absolute Gasteiger partial charge is 0.327 e. The number of ether oxygens (including phenoxy) is 1. The van der Waals surface area contributed by atoms with Crippen LogP contribution in [0.5, 0.6) is 0 Å². The van der Waals surface area contributed by atoms with Crippen LogP contribution in [0.3, 0.4) is 0 Å². The molecule has 0 saturated heterocycles. The molecule has 1 aliphatic rings. The molecule has 4 nitrogen and oxygen atoms in total. The normalized spacial score (nSPS) is 25.6. The molecule has 21 heavy (non-hydrogen) atoms. The molecule has 1 fully saturated rings. The molecule has 0 aromatic carbocycles. The molecule has 0 spiro atoms. The van der Waals surface area contributed by atoms with Crippen molar-refractivity contribution in [3.63, 3.8) is 0 Å². The van der Waals surface area contributed by atoms with E-state index in [2.05, 4.69) is 24.2 Å². The summed E-state index contributed by atoms with van der Waals surface area (Å²) in [6, 6.07) is 0.597. The number of carbonyl (C=O) groups excluding carboxylic acids is 1. The van der Waals surface area contributed by atoms with Crippen molar-refractivity contribution >= 4 is 5.97 Å². The molecule has 0 aliphatic heterocycles. The molecule has 1 N–H and O–H groups in total. The second-order valence-electron chi connectivity index (χ2n) is 6.58. The molecule has 0 aromatic rings. The average molecular weight is 298 g/mol. The van der Waals surface area contributed by atoms with E-state index < -0.39 is 5.54 Å². The summed E-state index contributed by atoms with van der Waals surface area (Å²) in [5.74, 6) is 0.765. The van der Waals surface area contributed by atoms with E-state index in [1.807, 2.05) is 20.8 Å². The Morgan fingerprint density at radius 2 is 1.86 bits per heavy atom. The molecule has 1 atom stereocenters. The highest BCUT2D eigenvalue weighted by Crippen LogP contribution is 2.29. The van der Waals surface area contributed by atoms with Crippen LogP contribution in [0.2, 0.25) is 0 Å². The predicted molar refractivity (Wildman–Crippen MR) is 87.4 cm³/mol. The van der Waals surface area contributed by atoms with E-state index in [9.17, 15) is 4.79 Å². The molecule has 0 aromatic heterocycles. The van der Waals surface area contributed by atoms with E-state index in [0.29, 0.717) is 19.2 Å². The van der Waals surface area contributed by atoms with Crippen LogP contribution < -0.4 is 5.32 Å². The quantitative estimate of drug-likeness (QED) is 0.700. The van der Waals surface area contributed by atoms with Crippen LogP contribution in [-0.2, 0) is 9.53 Å². The van der Waals surface area contributed by atoms with Crippen LogP contribution in [0.1, 0.15) is 59.8 Å². The van der Waals surface area contributed by atoms with Gasteiger partial charge in [0.25, 0.3) is 0 Å². The number of hydrogen-bond acceptors (Lipinski definition) is 4. The minimum Gasteiger partial charge on any atom is -0.465 e. The Balaban J connectivity index is 2.60. The Morgan fingerprint density at radius 1 is 1.24 bits per heavy atom. The summed E-state index contributed by atoms with van der Waals surface area (Å²) in [7, 11) is 2.14. The van der Waals surface area contributed by atoms with Crippen LogP contribution in [0, 0.1) is 5.92 Å². The van der Waals surface area contributed by atoms with Crippen molar-refractivity contribution in [3.8, 4) is 0 Å². The third-order valence-electron chi connectivity index (χ3n) is 4.88. The maximum Gasteiger partial charge on any atom is 0.327 e. The fraction of sp³-hybridized carbons (Fsp3) is 0.941. The van der Waals surface area contributed by atoms with Crippen molar-refractivity contribution in [1.82, 2.24) is 10.2 Å². The molecule has 124 valence electrons. The topological polar surface area (TPSA) is 41.6 Å². The van der Waals surface area contributed by atoms with Gasteiger partial charge in [0.15, 0.2) is 0 Å². The Labute approximate surface area is 130 Å². The number of carbonyl (C=O) groups is 1. The fourth-order valence-electron chi connectivity index (χ4n) is 3.49. The first kappa shape index (κ1) is 18.4. The van der Waals surface area contributed by atoms with E-state index >= 15 is 0 Å². The van der Waals surface area contributed by atoms with Crippen molar-refractivity contribution in [2.75, 3.05) is 26.7 Å². The summed E-state index contributed by atoms with van der Waals surface area (Å²) in [6.45, 7) is 10.1. The van der Waals surface area contributed by atoms with Crippen molar-refractivity contribution < 1.29 is 9.53 Å². The van der Waals surface area contributed by atoms with Crippen molar-refractivity contribution in [2.45, 2.75) is 71.4 Å². The fourth-order valence-corrected chi connectivity index (χ4v) is 3.49. The maximum atomic E-state index is 12.3. The van der Waals surface area contributed by atoms with Crippen LogP contribution in [0.25, 0.3) is 0 Å². The summed E-state index contributed by atoms with van der Waals surface area (Å²) < 4.78 is 5.25. The van der Waals surface area contributed by atoms with Crippen molar-refractivity contribution in [3.05, 3.63) is 0 Å². The Morgan fingerprint density at radius 3 is 2.33 bits per heavy atom. The van der Waals surface area contributed by atoms with E-state index in [4.69, 9.17) is 4.74 Å². The summed E-state index contributed by atoms with van der Waals surface area (Å²) in [5.41, 5.74) is -0.610. The zero-order valence-corrected chi connectivity index (χ0v) is 14.6. The molecular weight excluding hydrogens is 264 g/mol. The molecule has 1 saturated carbocycles. The monoisotopic (exact) mass is 298 g/mol. The SMILES string of the molecule is CCNC(C)(CN(C)C1CCC(CC)CC1)C(=O)OCC. The molecule has 4 heteroatoms. The molecule has 1 unspecified atom stereocenters. The maximum absolute atomic E-state index is 12.3. The van der Waals surface area contributed by atoms with Gasteiger partial charge in [-0.1, -0.05) is 20.3 Å². The lowest BCUT2D eigenvalue weighted by Crippen LogP contribution is -2.58. The number of nitrogens with one attached hydrogen (secondary N) is 1. The first-order valence-corrected chi connectivity index (χ1v) is 8.59. The van der Waals surface area contributed by atoms with Gasteiger partial charge in [-0.3, -0.25) is 4.79 Å². The highest BCUT2D eigenvalue weighted by atomic mass is 16.5. The number of likely N-dealkylation sites (N-methyl/N-ethyl adjacent to an activating group) is 2. The minimum atomic E-state index is -0.610. The standard InChI is InChI=1S/C17H34N2O2/c1-6-14-9-11-15(12-10-14)19(5)13-17(4,18-7-2)16(20)21-8-3/h14-15,18H,6-13H2,1-5H3. The summed E-state index contributed by atoms with van der Waals surface area (Å²) in [5, 5.41) is 3.32. The van der Waals surface area contributed by atoms with Gasteiger partial charge in [-0.25, -0.2) is 0 Å². The molecular formula is C17H34N2O2. The Kier molecular flexibility index (Phi) is 7.67. The number of nitrogens with zero attached hydrogens (tertiary/aromatic N) is 1. The molecule has 0 amide bonds. The largest absolute Gasteiger partial charge is 0.465 e. The first-order valence-electron chi connectivity index (χ1n) is 8.59. The summed E-state index contributed by atoms with van der Waals surface area (Å²) >= 11 is 0. The second-order valence-corrected chi connectivity index (χ2v) is 6.58. The number of hydrogen-bond donors (Lipinski definition) is 1. The van der Waals surface area contributed by atoms with Crippen LogP contribution >= 0.6 is 0 Å². The van der Waals surface area contributed by atoms with Gasteiger partial charge in [-0.2, -0.15) is 0 Å². The Hall–Kier alpha value is -0.610. The highest BCUT2D eigenvalue weighted by Gasteiger charge is 2.37. The van der Waals surface area contributed by atoms with Crippen molar-refractivity contribution in [2.24, 2.45) is 5.92 Å². The molecule has 0 heterocycles. The lowest BCUT2D eigenvalue weighted by Gasteiger charge is -2.39. The van der Waals surface area contributed by atoms with Crippen LogP contribution in [0.15, 0.2) is 0 Å². The predicted octanol–water partition coefficient (Wildman–Crippen LogP) is 2.82. The third kappa shape index (κ3) is 5.26. The lowest BCUT2D eigenvalue weighted by molar-refractivity contribution is -0.151. The lowest BCUT2D eigenvalue weighted by atomic mass is 9.83. The number of esters is 1. The van der Waals surface area contributed by atoms with Gasteiger partial charge in [0, 0.05) is 12.6 Å². The van der Waals surface area contributed by atoms with E-state index in [0.717, 1.165) is 12.5 Å². The third-order valence-corrected chi connectivity index (χ3v) is 4.88. The zero-order valence-electron chi connectivity index (χ0n) is 14.6. The zero-order chi connectivity index (χ0) is 15.9. The van der Waals surface area contributed by atoms with Crippen LogP contribution in [-0.4, -0.2) is 49.2 Å². The molecule has 1 aliphatic carbocycles. The molecule has 1 rings (SSSR count). The van der Waals surface area contributed by atoms with Gasteiger partial charge >= 0.3 is 5.97 Å². The average Bonchev–Trinajstić information content (AvgIpc) is 2.47. The Bertz CT molecular complexity index is 314. The second kappa shape index (κ2) is 8.74. The minimum absolute atomic E-state index is 0.138. The van der Waals surface area contributed by atoms with Gasteiger partial charge < -0.3 is 15.0 Å². The van der Waals surface area contributed by atoms with Gasteiger partial charge in [-0.05, 0) is 59.0 Å². The van der Waals surface area contributed by atoms with Crippen molar-refractivity contribution in [1.29, 1.82) is 0 Å². The van der Waals surface area contributed by atoms with Gasteiger partial charge in [0.2, 0.25) is 0 Å². The number of rotatable bonds is 8. The van der Waals surface area contributed by atoms with E-state index in [1.165, 1.54) is 32.1 Å². The van der Waals surface area contributed by atoms with Gasteiger partial charge in [0.1, 0.15) is 5.54 Å². The first-order chi connectivity index (χ1) is 9.96. The summed E-state index contributed by atoms with van der Waals surface area (Å²) in [6.07, 6.45) is 6.44. The summed E-state index contributed by atoms with van der Waals surface area (Å²) in [4.78, 5) is 14.6. The highest BCUT2D eigenvalue weighted by molar-refractivity contribution is 5.80. The molecule has 0 bridgehead atoms. The van der Waals surface area contributed by atoms with E-state index in [1.54, 1.807) is 0 Å². The van der Waals surface area contributed by atoms with Crippen LogP contribution in [0.4, 0.5) is 0 Å². The van der Waals surface area contributed by atoms with E-state index in [-0.39, 0.29) is 5.97 Å². The van der Waals surface area contributed by atoms with Gasteiger partial charge in [0.05, 0.1) is 6.61 Å². The van der Waals surface area contributed by atoms with Gasteiger partial charge in [-0.15, -0.1) is 0 Å².